The lowest BCUT2D eigenvalue weighted by atomic mass is 9.94. The van der Waals surface area contributed by atoms with Crippen LogP contribution in [0.5, 0.6) is 0 Å². The molecule has 1 atom stereocenters. The average molecular weight is 269 g/mol. The molecule has 4 heteroatoms. The number of aryl methyl sites for hydroxylation is 1. The van der Waals surface area contributed by atoms with Crippen molar-refractivity contribution >= 4 is 5.95 Å². The molecule has 0 amide bonds. The lowest BCUT2D eigenvalue weighted by Gasteiger charge is -2.35. The van der Waals surface area contributed by atoms with Gasteiger partial charge in [0.1, 0.15) is 0 Å². The fourth-order valence-corrected chi connectivity index (χ4v) is 2.83. The lowest BCUT2D eigenvalue weighted by Crippen LogP contribution is -2.36. The van der Waals surface area contributed by atoms with E-state index in [-0.39, 0.29) is 11.6 Å². The molecule has 0 radical (unpaired) electrons. The second kappa shape index (κ2) is 4.78. The smallest absolute Gasteiger partial charge is 0.255 e. The number of nitrogens with one attached hydrogen (secondary N) is 1. The van der Waals surface area contributed by atoms with Crippen molar-refractivity contribution < 1.29 is 0 Å². The van der Waals surface area contributed by atoms with Crippen molar-refractivity contribution in [1.82, 2.24) is 9.97 Å². The number of aromatic nitrogens is 2. The van der Waals surface area contributed by atoms with Gasteiger partial charge in [-0.1, -0.05) is 24.3 Å². The second-order valence-electron chi connectivity index (χ2n) is 5.42. The van der Waals surface area contributed by atoms with Crippen molar-refractivity contribution in [3.05, 3.63) is 57.0 Å². The molecule has 3 rings (SSSR count). The predicted octanol–water partition coefficient (Wildman–Crippen LogP) is 2.51. The van der Waals surface area contributed by atoms with Crippen LogP contribution in [0.4, 0.5) is 5.95 Å². The monoisotopic (exact) mass is 269 g/mol. The third-order valence-electron chi connectivity index (χ3n) is 4.25. The Bertz CT molecular complexity index is 705. The van der Waals surface area contributed by atoms with Crippen LogP contribution in [0.3, 0.4) is 0 Å². The number of hydrogen-bond acceptors (Lipinski definition) is 3. The maximum absolute atomic E-state index is 11.9. The summed E-state index contributed by atoms with van der Waals surface area (Å²) in [5.41, 5.74) is 4.16. The number of rotatable bonds is 1. The maximum atomic E-state index is 11.9. The molecule has 1 aliphatic rings. The molecule has 1 aromatic heterocycles. The van der Waals surface area contributed by atoms with Crippen molar-refractivity contribution in [2.75, 3.05) is 11.4 Å². The van der Waals surface area contributed by atoms with E-state index in [1.165, 1.54) is 11.1 Å². The Balaban J connectivity index is 2.03. The molecule has 1 aromatic carbocycles. The Hall–Kier alpha value is -2.10. The van der Waals surface area contributed by atoms with Crippen LogP contribution in [-0.2, 0) is 6.42 Å². The van der Waals surface area contributed by atoms with Crippen LogP contribution in [0.25, 0.3) is 0 Å². The molecule has 0 unspecified atom stereocenters. The van der Waals surface area contributed by atoms with E-state index in [2.05, 4.69) is 46.1 Å². The summed E-state index contributed by atoms with van der Waals surface area (Å²) < 4.78 is 0. The zero-order valence-corrected chi connectivity index (χ0v) is 12.1. The number of fused-ring (bicyclic) bond motifs is 1. The first-order valence-electron chi connectivity index (χ1n) is 7.00. The van der Waals surface area contributed by atoms with Crippen LogP contribution in [0.1, 0.15) is 35.3 Å². The van der Waals surface area contributed by atoms with Crippen molar-refractivity contribution in [1.29, 1.82) is 0 Å². The Morgan fingerprint density at radius 2 is 2.05 bits per heavy atom. The van der Waals surface area contributed by atoms with Gasteiger partial charge in [0.15, 0.2) is 0 Å². The Kier molecular flexibility index (Phi) is 3.08. The average Bonchev–Trinajstić information content (AvgIpc) is 2.45. The van der Waals surface area contributed by atoms with Crippen molar-refractivity contribution in [2.45, 2.75) is 33.2 Å². The highest BCUT2D eigenvalue weighted by Crippen LogP contribution is 2.31. The van der Waals surface area contributed by atoms with Gasteiger partial charge in [0.05, 0.1) is 6.04 Å². The predicted molar refractivity (Wildman–Crippen MR) is 80.2 cm³/mol. The van der Waals surface area contributed by atoms with E-state index in [0.717, 1.165) is 18.7 Å². The van der Waals surface area contributed by atoms with E-state index < -0.39 is 0 Å². The Morgan fingerprint density at radius 3 is 2.80 bits per heavy atom. The molecule has 0 spiro atoms. The molecular formula is C16H19N3O. The molecule has 0 fully saturated rings. The first kappa shape index (κ1) is 12.9. The summed E-state index contributed by atoms with van der Waals surface area (Å²) in [4.78, 5) is 21.6. The van der Waals surface area contributed by atoms with E-state index in [9.17, 15) is 4.79 Å². The number of H-pyrrole nitrogens is 1. The molecule has 0 saturated carbocycles. The fourth-order valence-electron chi connectivity index (χ4n) is 2.83. The molecule has 2 heterocycles. The van der Waals surface area contributed by atoms with Crippen molar-refractivity contribution in [3.63, 3.8) is 0 Å². The van der Waals surface area contributed by atoms with Crippen LogP contribution in [-0.4, -0.2) is 16.5 Å². The SMILES string of the molecule is Cc1nc(N2CCc3ccccc3[C@@H]2C)[nH]c(=O)c1C. The summed E-state index contributed by atoms with van der Waals surface area (Å²) in [6.45, 7) is 6.73. The molecule has 104 valence electrons. The highest BCUT2D eigenvalue weighted by molar-refractivity contribution is 5.44. The standard InChI is InChI=1S/C16H19N3O/c1-10-11(2)17-16(18-15(10)20)19-9-8-13-6-4-5-7-14(13)12(19)3/h4-7,12H,8-9H2,1-3H3,(H,17,18,20)/t12-/m0/s1. The molecule has 2 aromatic rings. The van der Waals surface area contributed by atoms with Crippen LogP contribution in [0.2, 0.25) is 0 Å². The molecule has 20 heavy (non-hydrogen) atoms. The normalized spacial score (nSPS) is 17.9. The maximum Gasteiger partial charge on any atom is 0.255 e. The Labute approximate surface area is 118 Å². The molecule has 0 aliphatic carbocycles. The minimum atomic E-state index is -0.0430. The number of aromatic amines is 1. The summed E-state index contributed by atoms with van der Waals surface area (Å²) in [6.07, 6.45) is 0.983. The van der Waals surface area contributed by atoms with Gasteiger partial charge in [0.25, 0.3) is 5.56 Å². The number of benzene rings is 1. The summed E-state index contributed by atoms with van der Waals surface area (Å²) >= 11 is 0. The number of anilines is 1. The fraction of sp³-hybridized carbons (Fsp3) is 0.375. The van der Waals surface area contributed by atoms with Crippen LogP contribution < -0.4 is 10.5 Å². The minimum Gasteiger partial charge on any atom is -0.335 e. The third kappa shape index (κ3) is 2.01. The van der Waals surface area contributed by atoms with Gasteiger partial charge < -0.3 is 4.90 Å². The van der Waals surface area contributed by atoms with Crippen molar-refractivity contribution in [2.24, 2.45) is 0 Å². The first-order chi connectivity index (χ1) is 9.58. The van der Waals surface area contributed by atoms with Crippen LogP contribution in [0.15, 0.2) is 29.1 Å². The van der Waals surface area contributed by atoms with E-state index >= 15 is 0 Å². The van der Waals surface area contributed by atoms with Crippen LogP contribution in [0, 0.1) is 13.8 Å². The van der Waals surface area contributed by atoms with E-state index in [1.54, 1.807) is 6.92 Å². The molecule has 1 N–H and O–H groups in total. The van der Waals surface area contributed by atoms with E-state index in [1.807, 2.05) is 6.92 Å². The van der Waals surface area contributed by atoms with Gasteiger partial charge in [-0.15, -0.1) is 0 Å². The summed E-state index contributed by atoms with van der Waals surface area (Å²) in [5.74, 6) is 0.681. The molecule has 1 aliphatic heterocycles. The van der Waals surface area contributed by atoms with Crippen LogP contribution >= 0.6 is 0 Å². The van der Waals surface area contributed by atoms with Gasteiger partial charge in [0, 0.05) is 17.8 Å². The summed E-state index contributed by atoms with van der Waals surface area (Å²) in [5, 5.41) is 0. The Morgan fingerprint density at radius 1 is 1.30 bits per heavy atom. The summed E-state index contributed by atoms with van der Waals surface area (Å²) in [7, 11) is 0. The van der Waals surface area contributed by atoms with Crippen molar-refractivity contribution in [3.8, 4) is 0 Å². The molecule has 0 bridgehead atoms. The van der Waals surface area contributed by atoms with Gasteiger partial charge in [-0.3, -0.25) is 9.78 Å². The third-order valence-corrected chi connectivity index (χ3v) is 4.25. The largest absolute Gasteiger partial charge is 0.335 e. The molecular weight excluding hydrogens is 250 g/mol. The lowest BCUT2D eigenvalue weighted by molar-refractivity contribution is 0.605. The van der Waals surface area contributed by atoms with Gasteiger partial charge in [-0.05, 0) is 38.3 Å². The van der Waals surface area contributed by atoms with E-state index in [0.29, 0.717) is 11.5 Å². The van der Waals surface area contributed by atoms with Gasteiger partial charge in [-0.25, -0.2) is 4.98 Å². The van der Waals surface area contributed by atoms with Gasteiger partial charge in [0.2, 0.25) is 5.95 Å². The highest BCUT2D eigenvalue weighted by Gasteiger charge is 2.25. The van der Waals surface area contributed by atoms with Gasteiger partial charge >= 0.3 is 0 Å². The van der Waals surface area contributed by atoms with E-state index in [4.69, 9.17) is 0 Å². The second-order valence-corrected chi connectivity index (χ2v) is 5.42. The number of hydrogen-bond donors (Lipinski definition) is 1. The number of nitrogens with zero attached hydrogens (tertiary/aromatic N) is 2. The quantitative estimate of drug-likeness (QED) is 0.865. The minimum absolute atomic E-state index is 0.0430. The zero-order chi connectivity index (χ0) is 14.3. The molecule has 4 nitrogen and oxygen atoms in total. The first-order valence-corrected chi connectivity index (χ1v) is 7.00. The topological polar surface area (TPSA) is 49.0 Å². The zero-order valence-electron chi connectivity index (χ0n) is 12.1. The van der Waals surface area contributed by atoms with Gasteiger partial charge in [-0.2, -0.15) is 0 Å². The summed E-state index contributed by atoms with van der Waals surface area (Å²) in [6, 6.07) is 8.71. The highest BCUT2D eigenvalue weighted by atomic mass is 16.1. The molecule has 0 saturated heterocycles.